The highest BCUT2D eigenvalue weighted by Gasteiger charge is 2.22. The van der Waals surface area contributed by atoms with Gasteiger partial charge in [-0.3, -0.25) is 4.68 Å². The van der Waals surface area contributed by atoms with E-state index in [2.05, 4.69) is 28.8 Å². The highest BCUT2D eigenvalue weighted by Crippen LogP contribution is 2.30. The fourth-order valence-corrected chi connectivity index (χ4v) is 5.02. The van der Waals surface area contributed by atoms with E-state index in [-0.39, 0.29) is 4.90 Å². The first-order valence-corrected chi connectivity index (χ1v) is 12.1. The van der Waals surface area contributed by atoms with Crippen molar-refractivity contribution in [3.63, 3.8) is 0 Å². The van der Waals surface area contributed by atoms with Gasteiger partial charge in [-0.15, -0.1) is 0 Å². The number of rotatable bonds is 8. The molecule has 0 radical (unpaired) electrons. The summed E-state index contributed by atoms with van der Waals surface area (Å²) in [6.45, 7) is 9.94. The Hall–Kier alpha value is -3.17. The van der Waals surface area contributed by atoms with Crippen LogP contribution in [0.5, 0.6) is 0 Å². The summed E-state index contributed by atoms with van der Waals surface area (Å²) in [5, 5.41) is 5.05. The number of aryl methyl sites for hydroxylation is 1. The summed E-state index contributed by atoms with van der Waals surface area (Å²) in [7, 11) is -3.80. The molecule has 0 aliphatic carbocycles. The highest BCUT2D eigenvalue weighted by molar-refractivity contribution is 7.90. The van der Waals surface area contributed by atoms with Crippen LogP contribution in [0, 0.1) is 6.92 Å². The number of fused-ring (bicyclic) bond motifs is 1. The minimum absolute atomic E-state index is 0.195. The van der Waals surface area contributed by atoms with Gasteiger partial charge in [-0.05, 0) is 38.2 Å². The molecule has 9 heteroatoms. The van der Waals surface area contributed by atoms with E-state index in [1.807, 2.05) is 23.9 Å². The van der Waals surface area contributed by atoms with Crippen molar-refractivity contribution in [2.45, 2.75) is 32.2 Å². The van der Waals surface area contributed by atoms with Crippen LogP contribution in [-0.4, -0.2) is 51.7 Å². The summed E-state index contributed by atoms with van der Waals surface area (Å²) in [4.78, 5) is 6.99. The number of nitrogens with zero attached hydrogens (tertiary/aromatic N) is 5. The number of nitrogen functional groups attached to an aromatic ring is 1. The largest absolute Gasteiger partial charge is 0.397 e. The first kappa shape index (κ1) is 22.0. The van der Waals surface area contributed by atoms with E-state index < -0.39 is 10.0 Å². The van der Waals surface area contributed by atoms with Gasteiger partial charge < -0.3 is 10.6 Å². The number of hydrogen-bond acceptors (Lipinski definition) is 6. The summed E-state index contributed by atoms with van der Waals surface area (Å²) < 4.78 is 29.4. The van der Waals surface area contributed by atoms with Gasteiger partial charge in [0, 0.05) is 41.6 Å². The number of benzene rings is 1. The van der Waals surface area contributed by atoms with Crippen molar-refractivity contribution in [2.75, 3.05) is 25.4 Å². The van der Waals surface area contributed by atoms with Gasteiger partial charge in [0.15, 0.2) is 5.65 Å². The molecule has 168 valence electrons. The van der Waals surface area contributed by atoms with Crippen LogP contribution in [0.3, 0.4) is 0 Å². The Morgan fingerprint density at radius 3 is 2.44 bits per heavy atom. The summed E-state index contributed by atoms with van der Waals surface area (Å²) >= 11 is 0. The topological polar surface area (TPSA) is 99.0 Å². The van der Waals surface area contributed by atoms with Crippen LogP contribution in [0.1, 0.15) is 19.4 Å². The maximum absolute atomic E-state index is 13.2. The molecule has 0 fully saturated rings. The number of nitrogens with two attached hydrogens (primary N) is 1. The molecule has 8 nitrogen and oxygen atoms in total. The molecular formula is C23H28N6O2S. The summed E-state index contributed by atoms with van der Waals surface area (Å²) in [5.41, 5.74) is 9.59. The predicted octanol–water partition coefficient (Wildman–Crippen LogP) is 3.37. The van der Waals surface area contributed by atoms with Gasteiger partial charge in [0.1, 0.15) is 0 Å². The van der Waals surface area contributed by atoms with Crippen LogP contribution in [-0.2, 0) is 16.6 Å². The molecule has 0 bridgehead atoms. The Kier molecular flexibility index (Phi) is 6.03. The Morgan fingerprint density at radius 2 is 1.75 bits per heavy atom. The Bertz CT molecular complexity index is 1330. The van der Waals surface area contributed by atoms with Crippen LogP contribution in [0.4, 0.5) is 5.69 Å². The SMILES string of the molecule is CCN(CC)CCn1cc(-c2cnc3c(c2)c(N)cn3S(=O)(=O)c2ccc(C)cc2)cn1. The molecule has 3 heterocycles. The number of anilines is 1. The van der Waals surface area contributed by atoms with Crippen molar-refractivity contribution < 1.29 is 8.42 Å². The number of hydrogen-bond donors (Lipinski definition) is 1. The summed E-state index contributed by atoms with van der Waals surface area (Å²) in [6.07, 6.45) is 6.85. The van der Waals surface area contributed by atoms with Gasteiger partial charge >= 0.3 is 0 Å². The molecule has 32 heavy (non-hydrogen) atoms. The normalized spacial score (nSPS) is 12.1. The lowest BCUT2D eigenvalue weighted by Crippen LogP contribution is -2.27. The van der Waals surface area contributed by atoms with Crippen molar-refractivity contribution in [3.05, 3.63) is 60.7 Å². The fourth-order valence-electron chi connectivity index (χ4n) is 3.69. The molecule has 1 aromatic carbocycles. The molecule has 0 saturated carbocycles. The molecule has 0 unspecified atom stereocenters. The summed E-state index contributed by atoms with van der Waals surface area (Å²) in [6, 6.07) is 8.59. The van der Waals surface area contributed by atoms with E-state index >= 15 is 0 Å². The van der Waals surface area contributed by atoms with E-state index in [9.17, 15) is 8.42 Å². The molecule has 0 aliphatic heterocycles. The van der Waals surface area contributed by atoms with Crippen LogP contribution in [0.2, 0.25) is 0 Å². The van der Waals surface area contributed by atoms with Crippen molar-refractivity contribution in [1.29, 1.82) is 0 Å². The molecule has 0 spiro atoms. The third kappa shape index (κ3) is 4.13. The number of likely N-dealkylation sites (N-methyl/N-ethyl adjacent to an activating group) is 1. The smallest absolute Gasteiger partial charge is 0.269 e. The van der Waals surface area contributed by atoms with Gasteiger partial charge in [0.2, 0.25) is 0 Å². The third-order valence-corrected chi connectivity index (χ3v) is 7.39. The Balaban J connectivity index is 1.65. The van der Waals surface area contributed by atoms with Crippen LogP contribution in [0.25, 0.3) is 22.2 Å². The van der Waals surface area contributed by atoms with E-state index in [4.69, 9.17) is 5.73 Å². The maximum Gasteiger partial charge on any atom is 0.269 e. The Morgan fingerprint density at radius 1 is 1.03 bits per heavy atom. The van der Waals surface area contributed by atoms with Gasteiger partial charge in [-0.1, -0.05) is 31.5 Å². The molecule has 0 amide bonds. The van der Waals surface area contributed by atoms with Gasteiger partial charge in [-0.25, -0.2) is 17.4 Å². The standard InChI is InChI=1S/C23H28N6O2S/c1-4-27(5-2)10-11-28-15-19(14-26-28)18-12-21-22(24)16-29(23(21)25-13-18)32(30,31)20-8-6-17(3)7-9-20/h6-9,12-16H,4-5,10-11,24H2,1-3H3. The molecule has 2 N–H and O–H groups in total. The predicted molar refractivity (Wildman–Crippen MR) is 127 cm³/mol. The second-order valence-corrected chi connectivity index (χ2v) is 9.63. The molecule has 0 saturated heterocycles. The zero-order chi connectivity index (χ0) is 22.9. The van der Waals surface area contributed by atoms with Gasteiger partial charge in [0.05, 0.1) is 23.3 Å². The first-order chi connectivity index (χ1) is 15.3. The maximum atomic E-state index is 13.2. The van der Waals surface area contributed by atoms with E-state index in [1.54, 1.807) is 36.7 Å². The molecule has 3 aromatic heterocycles. The lowest BCUT2D eigenvalue weighted by atomic mass is 10.1. The van der Waals surface area contributed by atoms with Crippen LogP contribution >= 0.6 is 0 Å². The van der Waals surface area contributed by atoms with Crippen LogP contribution in [0.15, 0.2) is 60.0 Å². The van der Waals surface area contributed by atoms with E-state index in [1.165, 1.54) is 6.20 Å². The third-order valence-electron chi connectivity index (χ3n) is 5.73. The second-order valence-electron chi connectivity index (χ2n) is 7.81. The monoisotopic (exact) mass is 452 g/mol. The number of pyridine rings is 1. The molecule has 4 aromatic rings. The fraction of sp³-hybridized carbons (Fsp3) is 0.304. The second kappa shape index (κ2) is 8.76. The molecule has 0 atom stereocenters. The summed E-state index contributed by atoms with van der Waals surface area (Å²) in [5.74, 6) is 0. The average molecular weight is 453 g/mol. The van der Waals surface area contributed by atoms with E-state index in [0.717, 1.165) is 46.8 Å². The minimum Gasteiger partial charge on any atom is -0.397 e. The lowest BCUT2D eigenvalue weighted by Gasteiger charge is -2.17. The minimum atomic E-state index is -3.80. The molecule has 0 aliphatic rings. The average Bonchev–Trinajstić information content (AvgIpc) is 3.40. The Labute approximate surface area is 188 Å². The van der Waals surface area contributed by atoms with Gasteiger partial charge in [0.25, 0.3) is 10.0 Å². The van der Waals surface area contributed by atoms with E-state index in [0.29, 0.717) is 16.7 Å². The van der Waals surface area contributed by atoms with Gasteiger partial charge in [-0.2, -0.15) is 5.10 Å². The zero-order valence-electron chi connectivity index (χ0n) is 18.6. The van der Waals surface area contributed by atoms with Crippen molar-refractivity contribution in [2.24, 2.45) is 0 Å². The van der Waals surface area contributed by atoms with Crippen LogP contribution < -0.4 is 5.73 Å². The van der Waals surface area contributed by atoms with Crippen molar-refractivity contribution in [1.82, 2.24) is 23.6 Å². The highest BCUT2D eigenvalue weighted by atomic mass is 32.2. The zero-order valence-corrected chi connectivity index (χ0v) is 19.4. The molecular weight excluding hydrogens is 424 g/mol. The first-order valence-electron chi connectivity index (χ1n) is 10.7. The van der Waals surface area contributed by atoms with Crippen molar-refractivity contribution in [3.8, 4) is 11.1 Å². The number of aromatic nitrogens is 4. The lowest BCUT2D eigenvalue weighted by molar-refractivity contribution is 0.285. The quantitative estimate of drug-likeness (QED) is 0.440. The molecule has 4 rings (SSSR count). The van der Waals surface area contributed by atoms with Crippen molar-refractivity contribution >= 4 is 26.7 Å².